The van der Waals surface area contributed by atoms with Crippen LogP contribution in [0.5, 0.6) is 0 Å². The summed E-state index contributed by atoms with van der Waals surface area (Å²) in [6.45, 7) is 0.303. The van der Waals surface area contributed by atoms with Gasteiger partial charge in [-0.1, -0.05) is 47.5 Å². The lowest BCUT2D eigenvalue weighted by atomic mass is 10.1. The van der Waals surface area contributed by atoms with Crippen LogP contribution >= 0.6 is 23.2 Å². The number of hydrogen-bond acceptors (Lipinski definition) is 1. The molecule has 18 heavy (non-hydrogen) atoms. The van der Waals surface area contributed by atoms with Crippen LogP contribution in [0.1, 0.15) is 10.4 Å². The molecule has 1 aliphatic heterocycles. The molecular formula is C14H9Cl2NO. The minimum Gasteiger partial charge on any atom is -0.302 e. The monoisotopic (exact) mass is 277 g/mol. The van der Waals surface area contributed by atoms with Gasteiger partial charge in [-0.25, -0.2) is 0 Å². The Morgan fingerprint density at radius 3 is 2.67 bits per heavy atom. The number of rotatable bonds is 2. The summed E-state index contributed by atoms with van der Waals surface area (Å²) >= 11 is 11.5. The molecule has 0 N–H and O–H groups in total. The van der Waals surface area contributed by atoms with Crippen molar-refractivity contribution >= 4 is 45.6 Å². The smallest absolute Gasteiger partial charge is 0.259 e. The molecule has 1 aliphatic rings. The van der Waals surface area contributed by atoms with Crippen LogP contribution < -0.4 is 4.90 Å². The number of carbonyl (C=O) groups is 1. The third kappa shape index (κ3) is 1.61. The first-order chi connectivity index (χ1) is 8.72. The van der Waals surface area contributed by atoms with E-state index in [0.717, 1.165) is 22.0 Å². The summed E-state index contributed by atoms with van der Waals surface area (Å²) < 4.78 is 0. The van der Waals surface area contributed by atoms with E-state index in [1.165, 1.54) is 5.54 Å². The number of amides is 1. The van der Waals surface area contributed by atoms with Crippen molar-refractivity contribution in [3.8, 4) is 0 Å². The molecule has 2 aromatic rings. The van der Waals surface area contributed by atoms with Gasteiger partial charge in [0.1, 0.15) is 0 Å². The van der Waals surface area contributed by atoms with E-state index >= 15 is 0 Å². The molecule has 0 fully saturated rings. The van der Waals surface area contributed by atoms with Gasteiger partial charge in [-0.2, -0.15) is 0 Å². The van der Waals surface area contributed by atoms with Crippen LogP contribution in [-0.2, 0) is 0 Å². The zero-order valence-electron chi connectivity index (χ0n) is 9.36. The van der Waals surface area contributed by atoms with Gasteiger partial charge >= 0.3 is 0 Å². The standard InChI is InChI=1S/C14H9Cl2NO/c15-7-10(16)8-17-12-6-2-4-9-3-1-5-11(13(9)12)14(17)18/h1-7H,8H2/b10-7+. The number of halogens is 2. The van der Waals surface area contributed by atoms with Gasteiger partial charge in [-0.05, 0) is 17.5 Å². The first kappa shape index (κ1) is 11.6. The van der Waals surface area contributed by atoms with Gasteiger partial charge in [0.15, 0.2) is 0 Å². The van der Waals surface area contributed by atoms with Crippen LogP contribution in [0.4, 0.5) is 5.69 Å². The fourth-order valence-corrected chi connectivity index (χ4v) is 2.51. The summed E-state index contributed by atoms with van der Waals surface area (Å²) in [7, 11) is 0. The average Bonchev–Trinajstić information content (AvgIpc) is 2.67. The highest BCUT2D eigenvalue weighted by atomic mass is 35.5. The molecule has 1 amide bonds. The SMILES string of the molecule is O=C1c2cccc3cccc(c23)N1C/C(Cl)=C\Cl. The molecule has 0 bridgehead atoms. The van der Waals surface area contributed by atoms with Crippen LogP contribution in [0.25, 0.3) is 10.8 Å². The van der Waals surface area contributed by atoms with Crippen molar-refractivity contribution in [1.29, 1.82) is 0 Å². The molecular weight excluding hydrogens is 269 g/mol. The second-order valence-corrected chi connectivity index (χ2v) is 4.83. The van der Waals surface area contributed by atoms with Crippen molar-refractivity contribution in [1.82, 2.24) is 0 Å². The molecule has 2 nitrogen and oxygen atoms in total. The first-order valence-corrected chi connectivity index (χ1v) is 6.32. The Kier molecular flexibility index (Phi) is 2.77. The quantitative estimate of drug-likeness (QED) is 0.809. The highest BCUT2D eigenvalue weighted by Crippen LogP contribution is 2.37. The van der Waals surface area contributed by atoms with Gasteiger partial charge in [-0.15, -0.1) is 0 Å². The second kappa shape index (κ2) is 4.30. The average molecular weight is 278 g/mol. The molecule has 4 heteroatoms. The van der Waals surface area contributed by atoms with Gasteiger partial charge < -0.3 is 4.90 Å². The van der Waals surface area contributed by atoms with Crippen molar-refractivity contribution in [2.75, 3.05) is 11.4 Å². The third-order valence-electron chi connectivity index (χ3n) is 3.08. The Labute approximate surface area is 114 Å². The van der Waals surface area contributed by atoms with Crippen LogP contribution in [0.2, 0.25) is 0 Å². The molecule has 2 aromatic carbocycles. The van der Waals surface area contributed by atoms with Crippen molar-refractivity contribution in [3.05, 3.63) is 52.5 Å². The number of benzene rings is 2. The lowest BCUT2D eigenvalue weighted by Gasteiger charge is -2.16. The first-order valence-electron chi connectivity index (χ1n) is 5.51. The molecule has 0 saturated heterocycles. The maximum Gasteiger partial charge on any atom is 0.259 e. The molecule has 0 spiro atoms. The zero-order valence-corrected chi connectivity index (χ0v) is 10.9. The van der Waals surface area contributed by atoms with E-state index in [2.05, 4.69) is 0 Å². The van der Waals surface area contributed by atoms with Crippen LogP contribution in [0.15, 0.2) is 47.0 Å². The Balaban J connectivity index is 2.19. The van der Waals surface area contributed by atoms with E-state index in [1.807, 2.05) is 36.4 Å². The highest BCUT2D eigenvalue weighted by Gasteiger charge is 2.29. The summed E-state index contributed by atoms with van der Waals surface area (Å²) in [5, 5.41) is 2.49. The number of nitrogens with zero attached hydrogens (tertiary/aromatic N) is 1. The summed E-state index contributed by atoms with van der Waals surface area (Å²) in [5.41, 5.74) is 2.91. The van der Waals surface area contributed by atoms with Crippen molar-refractivity contribution < 1.29 is 4.79 Å². The van der Waals surface area contributed by atoms with E-state index < -0.39 is 0 Å². The summed E-state index contributed by atoms with van der Waals surface area (Å²) in [5.74, 6) is -0.0292. The number of carbonyl (C=O) groups excluding carboxylic acids is 1. The third-order valence-corrected chi connectivity index (χ3v) is 3.68. The minimum absolute atomic E-state index is 0.0292. The summed E-state index contributed by atoms with van der Waals surface area (Å²) in [6, 6.07) is 11.6. The zero-order chi connectivity index (χ0) is 12.7. The molecule has 0 atom stereocenters. The highest BCUT2D eigenvalue weighted by molar-refractivity contribution is 6.37. The van der Waals surface area contributed by atoms with Crippen molar-refractivity contribution in [2.45, 2.75) is 0 Å². The van der Waals surface area contributed by atoms with Gasteiger partial charge in [0.2, 0.25) is 0 Å². The largest absolute Gasteiger partial charge is 0.302 e. The minimum atomic E-state index is -0.0292. The molecule has 3 rings (SSSR count). The van der Waals surface area contributed by atoms with Crippen molar-refractivity contribution in [2.24, 2.45) is 0 Å². The van der Waals surface area contributed by atoms with Gasteiger partial charge in [0, 0.05) is 21.5 Å². The Hall–Kier alpha value is -1.51. The maximum absolute atomic E-state index is 12.3. The van der Waals surface area contributed by atoms with Crippen molar-refractivity contribution in [3.63, 3.8) is 0 Å². The molecule has 1 heterocycles. The summed E-state index contributed by atoms with van der Waals surface area (Å²) in [4.78, 5) is 14.0. The van der Waals surface area contributed by atoms with Gasteiger partial charge in [0.05, 0.1) is 12.2 Å². The molecule has 90 valence electrons. The van der Waals surface area contributed by atoms with E-state index in [0.29, 0.717) is 11.6 Å². The number of hydrogen-bond donors (Lipinski definition) is 0. The maximum atomic E-state index is 12.3. The molecule has 0 saturated carbocycles. The van der Waals surface area contributed by atoms with Crippen LogP contribution in [-0.4, -0.2) is 12.5 Å². The lowest BCUT2D eigenvalue weighted by molar-refractivity contribution is 0.0995. The number of anilines is 1. The predicted molar refractivity (Wildman–Crippen MR) is 75.4 cm³/mol. The normalized spacial score (nSPS) is 14.7. The summed E-state index contributed by atoms with van der Waals surface area (Å²) in [6.07, 6.45) is 0. The van der Waals surface area contributed by atoms with E-state index in [1.54, 1.807) is 4.90 Å². The fourth-order valence-electron chi connectivity index (χ4n) is 2.32. The fraction of sp³-hybridized carbons (Fsp3) is 0.0714. The van der Waals surface area contributed by atoms with Crippen LogP contribution in [0, 0.1) is 0 Å². The van der Waals surface area contributed by atoms with E-state index in [-0.39, 0.29) is 5.91 Å². The van der Waals surface area contributed by atoms with Crippen LogP contribution in [0.3, 0.4) is 0 Å². The Morgan fingerprint density at radius 2 is 1.94 bits per heavy atom. The topological polar surface area (TPSA) is 20.3 Å². The van der Waals surface area contributed by atoms with E-state index in [4.69, 9.17) is 23.2 Å². The lowest BCUT2D eigenvalue weighted by Crippen LogP contribution is -2.27. The molecule has 0 radical (unpaired) electrons. The predicted octanol–water partition coefficient (Wildman–Crippen LogP) is 4.12. The molecule has 0 aromatic heterocycles. The molecule has 0 unspecified atom stereocenters. The Morgan fingerprint density at radius 1 is 1.22 bits per heavy atom. The Bertz CT molecular complexity index is 673. The second-order valence-electron chi connectivity index (χ2n) is 4.13. The van der Waals surface area contributed by atoms with Gasteiger partial charge in [0.25, 0.3) is 5.91 Å². The van der Waals surface area contributed by atoms with E-state index in [9.17, 15) is 4.79 Å². The van der Waals surface area contributed by atoms with Gasteiger partial charge in [-0.3, -0.25) is 4.79 Å². The molecule has 0 aliphatic carbocycles.